The number of hydrogen-bond acceptors (Lipinski definition) is 7. The van der Waals surface area contributed by atoms with Gasteiger partial charge in [0.1, 0.15) is 5.52 Å². The topological polar surface area (TPSA) is 108 Å². The van der Waals surface area contributed by atoms with Crippen LogP contribution in [-0.2, 0) is 4.79 Å². The van der Waals surface area contributed by atoms with Gasteiger partial charge in [0, 0.05) is 13.0 Å². The Hall–Kier alpha value is -3.23. The summed E-state index contributed by atoms with van der Waals surface area (Å²) in [6, 6.07) is 5.41. The van der Waals surface area contributed by atoms with Gasteiger partial charge in [-0.15, -0.1) is 0 Å². The smallest absolute Gasteiger partial charge is 0.334 e. The highest BCUT2D eigenvalue weighted by molar-refractivity contribution is 5.81. The Labute approximate surface area is 192 Å². The van der Waals surface area contributed by atoms with E-state index in [0.29, 0.717) is 29.9 Å². The van der Waals surface area contributed by atoms with Crippen molar-refractivity contribution in [2.45, 2.75) is 71.6 Å². The third-order valence-corrected chi connectivity index (χ3v) is 6.23. The predicted molar refractivity (Wildman–Crippen MR) is 126 cm³/mol. The van der Waals surface area contributed by atoms with Gasteiger partial charge in [0.05, 0.1) is 5.52 Å². The zero-order chi connectivity index (χ0) is 23.4. The number of aromatic nitrogens is 4. The Morgan fingerprint density at radius 3 is 2.70 bits per heavy atom. The lowest BCUT2D eigenvalue weighted by Gasteiger charge is -2.18. The van der Waals surface area contributed by atoms with Crippen LogP contribution in [0.2, 0.25) is 0 Å². The summed E-state index contributed by atoms with van der Waals surface area (Å²) >= 11 is 0. The first kappa shape index (κ1) is 22.9. The van der Waals surface area contributed by atoms with Crippen LogP contribution in [0.25, 0.3) is 22.6 Å². The molecular formula is C24H31N5O4. The van der Waals surface area contributed by atoms with Gasteiger partial charge in [-0.2, -0.15) is 14.4 Å². The maximum absolute atomic E-state index is 13.2. The SMILES string of the molecule is CCCCCCC(=O)On1c2nc(=O)n(NCC3CCCC3)c(=O)c-2nc2cc(C)ccc21. The van der Waals surface area contributed by atoms with E-state index in [9.17, 15) is 14.4 Å². The van der Waals surface area contributed by atoms with Crippen molar-refractivity contribution in [1.29, 1.82) is 0 Å². The number of rotatable bonds is 9. The average Bonchev–Trinajstić information content (AvgIpc) is 3.31. The van der Waals surface area contributed by atoms with Crippen LogP contribution in [0.1, 0.15) is 70.3 Å². The van der Waals surface area contributed by atoms with E-state index in [-0.39, 0.29) is 17.9 Å². The molecule has 9 heteroatoms. The number of carbonyl (C=O) groups is 1. The highest BCUT2D eigenvalue weighted by Crippen LogP contribution is 2.24. The Morgan fingerprint density at radius 2 is 1.94 bits per heavy atom. The number of benzene rings is 1. The molecule has 1 aliphatic carbocycles. The molecule has 1 aromatic carbocycles. The second-order valence-electron chi connectivity index (χ2n) is 8.89. The van der Waals surface area contributed by atoms with Crippen LogP contribution in [0, 0.1) is 12.8 Å². The second-order valence-corrected chi connectivity index (χ2v) is 8.89. The van der Waals surface area contributed by atoms with Crippen molar-refractivity contribution in [3.63, 3.8) is 0 Å². The van der Waals surface area contributed by atoms with Gasteiger partial charge in [-0.1, -0.05) is 45.1 Å². The Morgan fingerprint density at radius 1 is 1.15 bits per heavy atom. The van der Waals surface area contributed by atoms with E-state index in [2.05, 4.69) is 22.3 Å². The van der Waals surface area contributed by atoms with E-state index in [4.69, 9.17) is 4.84 Å². The van der Waals surface area contributed by atoms with E-state index in [1.165, 1.54) is 4.73 Å². The lowest BCUT2D eigenvalue weighted by Crippen LogP contribution is -2.45. The highest BCUT2D eigenvalue weighted by atomic mass is 16.7. The molecule has 176 valence electrons. The molecule has 0 saturated heterocycles. The van der Waals surface area contributed by atoms with Gasteiger partial charge in [0.15, 0.2) is 5.69 Å². The summed E-state index contributed by atoms with van der Waals surface area (Å²) in [5, 5.41) is 0. The Bertz CT molecular complexity index is 1230. The Balaban J connectivity index is 1.73. The number of fused-ring (bicyclic) bond motifs is 2. The third-order valence-electron chi connectivity index (χ3n) is 6.23. The van der Waals surface area contributed by atoms with Crippen molar-refractivity contribution in [2.75, 3.05) is 12.0 Å². The maximum atomic E-state index is 13.2. The van der Waals surface area contributed by atoms with Crippen LogP contribution in [0.4, 0.5) is 0 Å². The molecule has 3 aliphatic rings. The fraction of sp³-hybridized carbons (Fsp3) is 0.542. The van der Waals surface area contributed by atoms with Crippen molar-refractivity contribution in [1.82, 2.24) is 19.4 Å². The van der Waals surface area contributed by atoms with Gasteiger partial charge in [-0.25, -0.2) is 14.6 Å². The van der Waals surface area contributed by atoms with Crippen LogP contribution < -0.4 is 21.5 Å². The van der Waals surface area contributed by atoms with Crippen LogP contribution in [0.15, 0.2) is 27.8 Å². The fourth-order valence-electron chi connectivity index (χ4n) is 4.36. The number of hydrogen-bond donors (Lipinski definition) is 1. The molecule has 1 aromatic rings. The minimum Gasteiger partial charge on any atom is -0.334 e. The molecule has 0 aromatic heterocycles. The van der Waals surface area contributed by atoms with Crippen molar-refractivity contribution in [3.05, 3.63) is 44.6 Å². The molecule has 1 fully saturated rings. The molecule has 0 radical (unpaired) electrons. The summed E-state index contributed by atoms with van der Waals surface area (Å²) in [6.07, 6.45) is 8.50. The molecule has 2 heterocycles. The molecule has 0 unspecified atom stereocenters. The minimum atomic E-state index is -0.744. The monoisotopic (exact) mass is 453 g/mol. The van der Waals surface area contributed by atoms with Crippen LogP contribution in [-0.4, -0.2) is 31.9 Å². The van der Waals surface area contributed by atoms with Gasteiger partial charge in [0.25, 0.3) is 0 Å². The van der Waals surface area contributed by atoms with Crippen LogP contribution in [0.5, 0.6) is 0 Å². The molecule has 0 amide bonds. The first-order chi connectivity index (χ1) is 16.0. The molecule has 9 nitrogen and oxygen atoms in total. The molecule has 1 N–H and O–H groups in total. The number of nitrogens with one attached hydrogen (secondary N) is 1. The zero-order valence-corrected chi connectivity index (χ0v) is 19.3. The predicted octanol–water partition coefficient (Wildman–Crippen LogP) is 3.03. The quantitative estimate of drug-likeness (QED) is 0.392. The van der Waals surface area contributed by atoms with Crippen molar-refractivity contribution < 1.29 is 9.63 Å². The van der Waals surface area contributed by atoms with Crippen LogP contribution >= 0.6 is 0 Å². The lowest BCUT2D eigenvalue weighted by atomic mass is 10.1. The first-order valence-electron chi connectivity index (χ1n) is 11.9. The summed E-state index contributed by atoms with van der Waals surface area (Å²) in [7, 11) is 0. The van der Waals surface area contributed by atoms with Gasteiger partial charge in [-0.05, 0) is 49.8 Å². The standard InChI is InChI=1S/C24H31N5O4/c1-3-4-5-6-11-20(30)33-29-19-13-12-16(2)14-18(19)26-21-22(29)27-24(32)28(23(21)31)25-15-17-9-7-8-10-17/h12-14,17,25H,3-11,15H2,1-2H3. The number of nitrogens with zero attached hydrogens (tertiary/aromatic N) is 4. The van der Waals surface area contributed by atoms with E-state index in [1.54, 1.807) is 12.1 Å². The van der Waals surface area contributed by atoms with Crippen molar-refractivity contribution >= 4 is 17.0 Å². The van der Waals surface area contributed by atoms with Crippen molar-refractivity contribution in [2.24, 2.45) is 5.92 Å². The number of unbranched alkanes of at least 4 members (excludes halogenated alkanes) is 3. The zero-order valence-electron chi connectivity index (χ0n) is 19.3. The van der Waals surface area contributed by atoms with E-state index < -0.39 is 17.2 Å². The summed E-state index contributed by atoms with van der Waals surface area (Å²) < 4.78 is 2.11. The molecule has 4 rings (SSSR count). The van der Waals surface area contributed by atoms with E-state index in [1.807, 2.05) is 13.0 Å². The van der Waals surface area contributed by atoms with E-state index in [0.717, 1.165) is 55.2 Å². The molecule has 1 saturated carbocycles. The summed E-state index contributed by atoms with van der Waals surface area (Å²) in [6.45, 7) is 4.55. The number of aryl methyl sites for hydroxylation is 1. The molecule has 33 heavy (non-hydrogen) atoms. The van der Waals surface area contributed by atoms with Crippen molar-refractivity contribution in [3.8, 4) is 11.5 Å². The minimum absolute atomic E-state index is 0.0228. The summed E-state index contributed by atoms with van der Waals surface area (Å²) in [4.78, 5) is 52.7. The summed E-state index contributed by atoms with van der Waals surface area (Å²) in [5.74, 6) is -0.0664. The largest absolute Gasteiger partial charge is 0.371 e. The van der Waals surface area contributed by atoms with E-state index >= 15 is 0 Å². The molecule has 0 atom stereocenters. The molecule has 2 aliphatic heterocycles. The van der Waals surface area contributed by atoms with Crippen LogP contribution in [0.3, 0.4) is 0 Å². The van der Waals surface area contributed by atoms with Gasteiger partial charge in [-0.3, -0.25) is 4.79 Å². The summed E-state index contributed by atoms with van der Waals surface area (Å²) in [5.41, 5.74) is 3.48. The highest BCUT2D eigenvalue weighted by Gasteiger charge is 2.25. The normalized spacial score (nSPS) is 14.2. The fourth-order valence-corrected chi connectivity index (χ4v) is 4.36. The van der Waals surface area contributed by atoms with Gasteiger partial charge in [0.2, 0.25) is 5.82 Å². The first-order valence-corrected chi connectivity index (χ1v) is 11.9. The van der Waals surface area contributed by atoms with Gasteiger partial charge < -0.3 is 10.3 Å². The lowest BCUT2D eigenvalue weighted by molar-refractivity contribution is -0.143. The second kappa shape index (κ2) is 10.1. The Kier molecular flexibility index (Phi) is 7.05. The molecular weight excluding hydrogens is 422 g/mol. The molecule has 0 spiro atoms. The molecule has 0 bridgehead atoms. The number of carbonyl (C=O) groups excluding carboxylic acids is 1. The third kappa shape index (κ3) is 5.07. The average molecular weight is 454 g/mol. The maximum Gasteiger partial charge on any atom is 0.371 e. The van der Waals surface area contributed by atoms with Gasteiger partial charge >= 0.3 is 17.2 Å².